The summed E-state index contributed by atoms with van der Waals surface area (Å²) >= 11 is 5.94. The Kier molecular flexibility index (Phi) is 6.58. The largest absolute Gasteiger partial charge is 0.493 e. The van der Waals surface area contributed by atoms with Crippen LogP contribution in [-0.2, 0) is 6.54 Å². The minimum absolute atomic E-state index is 0.123. The molecule has 1 N–H and O–H groups in total. The van der Waals surface area contributed by atoms with Gasteiger partial charge in [0.2, 0.25) is 0 Å². The number of ether oxygens (including phenoxy) is 2. The van der Waals surface area contributed by atoms with Gasteiger partial charge in [-0.2, -0.15) is 0 Å². The molecule has 0 spiro atoms. The zero-order valence-corrected chi connectivity index (χ0v) is 16.5. The summed E-state index contributed by atoms with van der Waals surface area (Å²) in [6, 6.07) is 13.5. The molecule has 2 aromatic carbocycles. The van der Waals surface area contributed by atoms with Gasteiger partial charge in [0.15, 0.2) is 11.5 Å². The van der Waals surface area contributed by atoms with E-state index in [1.165, 1.54) is 5.56 Å². The highest BCUT2D eigenvalue weighted by Crippen LogP contribution is 2.30. The van der Waals surface area contributed by atoms with Crippen molar-refractivity contribution in [2.45, 2.75) is 25.4 Å². The van der Waals surface area contributed by atoms with E-state index in [4.69, 9.17) is 21.1 Å². The number of nitrogens with one attached hydrogen (secondary N) is 1. The molecule has 0 aliphatic carbocycles. The van der Waals surface area contributed by atoms with Crippen LogP contribution < -0.4 is 14.8 Å². The molecule has 0 radical (unpaired) electrons. The molecule has 2 aromatic rings. The number of piperidine rings is 1. The van der Waals surface area contributed by atoms with Gasteiger partial charge in [0.1, 0.15) is 0 Å². The van der Waals surface area contributed by atoms with Crippen molar-refractivity contribution in [1.29, 1.82) is 0 Å². The van der Waals surface area contributed by atoms with Crippen LogP contribution in [0.25, 0.3) is 0 Å². The van der Waals surface area contributed by atoms with Crippen LogP contribution in [0, 0.1) is 0 Å². The van der Waals surface area contributed by atoms with E-state index in [0.717, 1.165) is 37.5 Å². The highest BCUT2D eigenvalue weighted by molar-refractivity contribution is 6.30. The third kappa shape index (κ3) is 4.93. The van der Waals surface area contributed by atoms with Crippen molar-refractivity contribution in [3.8, 4) is 11.5 Å². The lowest BCUT2D eigenvalue weighted by Gasteiger charge is -2.32. The van der Waals surface area contributed by atoms with Crippen LogP contribution in [0.4, 0.5) is 0 Å². The smallest absolute Gasteiger partial charge is 0.255 e. The van der Waals surface area contributed by atoms with Crippen LogP contribution >= 0.6 is 11.6 Å². The first-order valence-electron chi connectivity index (χ1n) is 9.09. The summed E-state index contributed by atoms with van der Waals surface area (Å²) in [6.45, 7) is 2.80. The molecule has 3 rings (SSSR count). The average molecular weight is 389 g/mol. The first-order valence-corrected chi connectivity index (χ1v) is 9.47. The normalized spacial score (nSPS) is 15.4. The van der Waals surface area contributed by atoms with Crippen molar-refractivity contribution in [3.05, 3.63) is 58.6 Å². The lowest BCUT2D eigenvalue weighted by Crippen LogP contribution is -2.44. The number of rotatable bonds is 6. The lowest BCUT2D eigenvalue weighted by molar-refractivity contribution is 0.0905. The Morgan fingerprint density at radius 2 is 1.81 bits per heavy atom. The summed E-state index contributed by atoms with van der Waals surface area (Å²) < 4.78 is 10.6. The molecule has 1 fully saturated rings. The Labute approximate surface area is 165 Å². The van der Waals surface area contributed by atoms with Crippen LogP contribution in [0.3, 0.4) is 0 Å². The molecule has 0 saturated carbocycles. The molecule has 1 saturated heterocycles. The maximum absolute atomic E-state index is 12.7. The molecule has 1 aliphatic rings. The van der Waals surface area contributed by atoms with Crippen LogP contribution in [0.1, 0.15) is 28.8 Å². The van der Waals surface area contributed by atoms with Gasteiger partial charge in [0.25, 0.3) is 5.91 Å². The molecule has 5 nitrogen and oxygen atoms in total. The Morgan fingerprint density at radius 1 is 1.11 bits per heavy atom. The number of carbonyl (C=O) groups is 1. The zero-order chi connectivity index (χ0) is 19.2. The Bertz CT molecular complexity index is 771. The molecule has 0 atom stereocenters. The summed E-state index contributed by atoms with van der Waals surface area (Å²) in [6.07, 6.45) is 1.84. The predicted molar refractivity (Wildman–Crippen MR) is 107 cm³/mol. The van der Waals surface area contributed by atoms with Crippen LogP contribution in [0.2, 0.25) is 5.02 Å². The third-order valence-electron chi connectivity index (χ3n) is 4.89. The first-order chi connectivity index (χ1) is 13.1. The van der Waals surface area contributed by atoms with E-state index in [0.29, 0.717) is 17.1 Å². The number of para-hydroxylation sites is 1. The standard InChI is InChI=1S/C21H25ClN2O3/c1-26-19-5-3-4-18(20(19)27-2)21(25)23-17-10-12-24(13-11-17)14-15-6-8-16(22)9-7-15/h3-9,17H,10-14H2,1-2H3,(H,23,25). The van der Waals surface area contributed by atoms with E-state index >= 15 is 0 Å². The first kappa shape index (κ1) is 19.5. The maximum Gasteiger partial charge on any atom is 0.255 e. The number of hydrogen-bond donors (Lipinski definition) is 1. The summed E-state index contributed by atoms with van der Waals surface area (Å²) in [5, 5.41) is 3.89. The van der Waals surface area contributed by atoms with E-state index in [-0.39, 0.29) is 11.9 Å². The third-order valence-corrected chi connectivity index (χ3v) is 5.14. The van der Waals surface area contributed by atoms with Crippen LogP contribution in [0.5, 0.6) is 11.5 Å². The Balaban J connectivity index is 1.54. The van der Waals surface area contributed by atoms with E-state index in [1.54, 1.807) is 32.4 Å². The van der Waals surface area contributed by atoms with Crippen molar-refractivity contribution in [1.82, 2.24) is 10.2 Å². The number of nitrogens with zero attached hydrogens (tertiary/aromatic N) is 1. The van der Waals surface area contributed by atoms with Gasteiger partial charge in [-0.1, -0.05) is 29.8 Å². The fourth-order valence-electron chi connectivity index (χ4n) is 3.41. The summed E-state index contributed by atoms with van der Waals surface area (Å²) in [7, 11) is 3.11. The number of halogens is 1. The molecule has 1 aliphatic heterocycles. The molecule has 1 amide bonds. The molecule has 27 heavy (non-hydrogen) atoms. The Morgan fingerprint density at radius 3 is 2.44 bits per heavy atom. The van der Waals surface area contributed by atoms with Crippen molar-refractivity contribution in [2.24, 2.45) is 0 Å². The number of benzene rings is 2. The lowest BCUT2D eigenvalue weighted by atomic mass is 10.0. The molecule has 144 valence electrons. The van der Waals surface area contributed by atoms with Gasteiger partial charge in [-0.25, -0.2) is 0 Å². The average Bonchev–Trinajstić information content (AvgIpc) is 2.70. The molecule has 0 bridgehead atoms. The van der Waals surface area contributed by atoms with Gasteiger partial charge in [0, 0.05) is 30.7 Å². The minimum Gasteiger partial charge on any atom is -0.493 e. The van der Waals surface area contributed by atoms with Crippen molar-refractivity contribution in [2.75, 3.05) is 27.3 Å². The Hall–Kier alpha value is -2.24. The van der Waals surface area contributed by atoms with Gasteiger partial charge in [-0.3, -0.25) is 9.69 Å². The van der Waals surface area contributed by atoms with E-state index in [2.05, 4.69) is 22.3 Å². The highest BCUT2D eigenvalue weighted by Gasteiger charge is 2.23. The number of likely N-dealkylation sites (tertiary alicyclic amines) is 1. The second-order valence-corrected chi connectivity index (χ2v) is 7.13. The number of hydrogen-bond acceptors (Lipinski definition) is 4. The second kappa shape index (κ2) is 9.11. The molecule has 6 heteroatoms. The van der Waals surface area contributed by atoms with E-state index < -0.39 is 0 Å². The molecular formula is C21H25ClN2O3. The van der Waals surface area contributed by atoms with Crippen molar-refractivity contribution in [3.63, 3.8) is 0 Å². The fourth-order valence-corrected chi connectivity index (χ4v) is 3.54. The molecular weight excluding hydrogens is 364 g/mol. The van der Waals surface area contributed by atoms with Gasteiger partial charge >= 0.3 is 0 Å². The number of carbonyl (C=O) groups excluding carboxylic acids is 1. The summed E-state index contributed by atoms with van der Waals surface area (Å²) in [5.41, 5.74) is 1.75. The molecule has 0 aromatic heterocycles. The quantitative estimate of drug-likeness (QED) is 0.818. The molecule has 0 unspecified atom stereocenters. The SMILES string of the molecule is COc1cccc(C(=O)NC2CCN(Cc3ccc(Cl)cc3)CC2)c1OC. The maximum atomic E-state index is 12.7. The summed E-state index contributed by atoms with van der Waals surface area (Å²) in [5.74, 6) is 0.905. The second-order valence-electron chi connectivity index (χ2n) is 6.69. The predicted octanol–water partition coefficient (Wildman–Crippen LogP) is 3.75. The number of amides is 1. The van der Waals surface area contributed by atoms with Crippen LogP contribution in [0.15, 0.2) is 42.5 Å². The van der Waals surface area contributed by atoms with Gasteiger partial charge < -0.3 is 14.8 Å². The fraction of sp³-hybridized carbons (Fsp3) is 0.381. The van der Waals surface area contributed by atoms with E-state index in [1.807, 2.05) is 12.1 Å². The molecule has 1 heterocycles. The van der Waals surface area contributed by atoms with E-state index in [9.17, 15) is 4.79 Å². The van der Waals surface area contributed by atoms with Gasteiger partial charge in [0.05, 0.1) is 19.8 Å². The van der Waals surface area contributed by atoms with Crippen molar-refractivity contribution < 1.29 is 14.3 Å². The monoisotopic (exact) mass is 388 g/mol. The zero-order valence-electron chi connectivity index (χ0n) is 15.7. The minimum atomic E-state index is -0.123. The number of methoxy groups -OCH3 is 2. The van der Waals surface area contributed by atoms with Crippen LogP contribution in [-0.4, -0.2) is 44.2 Å². The van der Waals surface area contributed by atoms with Gasteiger partial charge in [-0.05, 0) is 42.7 Å². The van der Waals surface area contributed by atoms with Crippen molar-refractivity contribution >= 4 is 17.5 Å². The highest BCUT2D eigenvalue weighted by atomic mass is 35.5. The van der Waals surface area contributed by atoms with Gasteiger partial charge in [-0.15, -0.1) is 0 Å². The summed E-state index contributed by atoms with van der Waals surface area (Å²) in [4.78, 5) is 15.1. The topological polar surface area (TPSA) is 50.8 Å².